The van der Waals surface area contributed by atoms with Gasteiger partial charge in [-0.1, -0.05) is 0 Å². The van der Waals surface area contributed by atoms with E-state index < -0.39 is 5.97 Å². The molecular formula is C12H8BrN3O3. The van der Waals surface area contributed by atoms with E-state index in [4.69, 9.17) is 5.11 Å². The number of anilines is 1. The second kappa shape index (κ2) is 5.57. The molecule has 1 amide bonds. The second-order valence-corrected chi connectivity index (χ2v) is 4.37. The smallest absolute Gasteiger partial charge is 0.354 e. The zero-order valence-corrected chi connectivity index (χ0v) is 11.1. The van der Waals surface area contributed by atoms with Gasteiger partial charge in [0.1, 0.15) is 10.3 Å². The van der Waals surface area contributed by atoms with Crippen molar-refractivity contribution in [3.8, 4) is 0 Å². The van der Waals surface area contributed by atoms with E-state index in [1.54, 1.807) is 12.1 Å². The van der Waals surface area contributed by atoms with Gasteiger partial charge in [0.05, 0.1) is 17.4 Å². The molecule has 2 heterocycles. The van der Waals surface area contributed by atoms with Crippen molar-refractivity contribution >= 4 is 33.5 Å². The molecule has 0 fully saturated rings. The van der Waals surface area contributed by atoms with Crippen LogP contribution in [0, 0.1) is 0 Å². The first-order valence-electron chi connectivity index (χ1n) is 5.18. The number of hydrogen-bond acceptors (Lipinski definition) is 4. The molecule has 0 atom stereocenters. The minimum Gasteiger partial charge on any atom is -0.477 e. The molecule has 0 aromatic carbocycles. The molecule has 7 heteroatoms. The van der Waals surface area contributed by atoms with Crippen LogP contribution < -0.4 is 5.32 Å². The average molecular weight is 322 g/mol. The molecule has 0 bridgehead atoms. The number of carboxylic acid groups (broad SMARTS) is 1. The van der Waals surface area contributed by atoms with Gasteiger partial charge in [-0.2, -0.15) is 0 Å². The summed E-state index contributed by atoms with van der Waals surface area (Å²) in [6.45, 7) is 0. The Labute approximate surface area is 116 Å². The third-order valence-corrected chi connectivity index (χ3v) is 2.70. The first kappa shape index (κ1) is 13.2. The van der Waals surface area contributed by atoms with Gasteiger partial charge in [-0.25, -0.2) is 14.8 Å². The van der Waals surface area contributed by atoms with E-state index in [2.05, 4.69) is 31.2 Å². The zero-order chi connectivity index (χ0) is 13.8. The van der Waals surface area contributed by atoms with Crippen LogP contribution in [0.15, 0.2) is 41.3 Å². The number of aromatic carboxylic acids is 1. The number of carbonyl (C=O) groups is 2. The lowest BCUT2D eigenvalue weighted by atomic mass is 10.2. The van der Waals surface area contributed by atoms with Gasteiger partial charge in [0.25, 0.3) is 5.91 Å². The third kappa shape index (κ3) is 3.35. The van der Waals surface area contributed by atoms with Gasteiger partial charge >= 0.3 is 5.97 Å². The number of nitrogens with zero attached hydrogens (tertiary/aromatic N) is 2. The van der Waals surface area contributed by atoms with Gasteiger partial charge in [0, 0.05) is 6.20 Å². The van der Waals surface area contributed by atoms with Crippen molar-refractivity contribution in [2.75, 3.05) is 5.32 Å². The van der Waals surface area contributed by atoms with Crippen LogP contribution in [0.3, 0.4) is 0 Å². The molecule has 19 heavy (non-hydrogen) atoms. The van der Waals surface area contributed by atoms with Crippen molar-refractivity contribution in [2.45, 2.75) is 0 Å². The maximum atomic E-state index is 11.8. The molecule has 2 aromatic heterocycles. The molecule has 2 rings (SSSR count). The fraction of sp³-hybridized carbons (Fsp3) is 0. The van der Waals surface area contributed by atoms with Crippen molar-refractivity contribution in [3.63, 3.8) is 0 Å². The Morgan fingerprint density at radius 1 is 1.11 bits per heavy atom. The van der Waals surface area contributed by atoms with Crippen molar-refractivity contribution in [1.29, 1.82) is 0 Å². The number of carbonyl (C=O) groups excluding carboxylic acids is 1. The topological polar surface area (TPSA) is 92.2 Å². The van der Waals surface area contributed by atoms with Gasteiger partial charge in [-0.05, 0) is 40.2 Å². The number of amides is 1. The normalized spacial score (nSPS) is 9.95. The molecule has 2 aromatic rings. The monoisotopic (exact) mass is 321 g/mol. The van der Waals surface area contributed by atoms with Gasteiger partial charge in [0.2, 0.25) is 0 Å². The standard InChI is InChI=1S/C12H8BrN3O3/c13-10-4-1-7(5-15-10)11(17)16-8-2-3-9(12(18)19)14-6-8/h1-6H,(H,16,17)(H,18,19). The van der Waals surface area contributed by atoms with E-state index in [1.807, 2.05) is 0 Å². The molecule has 6 nitrogen and oxygen atoms in total. The van der Waals surface area contributed by atoms with Crippen LogP contribution in [0.25, 0.3) is 0 Å². The highest BCUT2D eigenvalue weighted by Crippen LogP contribution is 2.10. The van der Waals surface area contributed by atoms with Crippen LogP contribution in [-0.2, 0) is 0 Å². The van der Waals surface area contributed by atoms with Crippen molar-refractivity contribution in [2.24, 2.45) is 0 Å². The lowest BCUT2D eigenvalue weighted by molar-refractivity contribution is 0.0690. The molecule has 0 aliphatic heterocycles. The van der Waals surface area contributed by atoms with E-state index in [-0.39, 0.29) is 11.6 Å². The first-order chi connectivity index (χ1) is 9.06. The lowest BCUT2D eigenvalue weighted by Gasteiger charge is -2.04. The van der Waals surface area contributed by atoms with Crippen LogP contribution in [0.4, 0.5) is 5.69 Å². The Hall–Kier alpha value is -2.28. The second-order valence-electron chi connectivity index (χ2n) is 3.56. The molecule has 0 saturated heterocycles. The summed E-state index contributed by atoms with van der Waals surface area (Å²) in [5.74, 6) is -1.46. The summed E-state index contributed by atoms with van der Waals surface area (Å²) in [4.78, 5) is 30.1. The van der Waals surface area contributed by atoms with Crippen LogP contribution in [0.1, 0.15) is 20.8 Å². The Morgan fingerprint density at radius 3 is 2.42 bits per heavy atom. The highest BCUT2D eigenvalue weighted by molar-refractivity contribution is 9.10. The summed E-state index contributed by atoms with van der Waals surface area (Å²) >= 11 is 3.17. The zero-order valence-electron chi connectivity index (χ0n) is 9.50. The molecule has 0 aliphatic rings. The van der Waals surface area contributed by atoms with Gasteiger partial charge in [-0.3, -0.25) is 4.79 Å². The lowest BCUT2D eigenvalue weighted by Crippen LogP contribution is -2.12. The van der Waals surface area contributed by atoms with Crippen LogP contribution in [-0.4, -0.2) is 27.0 Å². The Morgan fingerprint density at radius 2 is 1.89 bits per heavy atom. The molecule has 0 unspecified atom stereocenters. The highest BCUT2D eigenvalue weighted by Gasteiger charge is 2.08. The number of hydrogen-bond donors (Lipinski definition) is 2. The number of nitrogens with one attached hydrogen (secondary N) is 1. The SMILES string of the molecule is O=C(Nc1ccc(C(=O)O)nc1)c1ccc(Br)nc1. The predicted molar refractivity (Wildman–Crippen MR) is 71.1 cm³/mol. The quantitative estimate of drug-likeness (QED) is 0.845. The third-order valence-electron chi connectivity index (χ3n) is 2.23. The van der Waals surface area contributed by atoms with E-state index in [0.29, 0.717) is 15.9 Å². The van der Waals surface area contributed by atoms with E-state index in [1.165, 1.54) is 24.5 Å². The van der Waals surface area contributed by atoms with E-state index in [0.717, 1.165) is 0 Å². The Kier molecular flexibility index (Phi) is 3.86. The molecular weight excluding hydrogens is 314 g/mol. The Bertz CT molecular complexity index is 611. The summed E-state index contributed by atoms with van der Waals surface area (Å²) in [5.41, 5.74) is 0.728. The van der Waals surface area contributed by atoms with Crippen LogP contribution in [0.2, 0.25) is 0 Å². The molecule has 2 N–H and O–H groups in total. The fourth-order valence-electron chi connectivity index (χ4n) is 1.31. The van der Waals surface area contributed by atoms with Crippen molar-refractivity contribution < 1.29 is 14.7 Å². The number of carboxylic acids is 1. The van der Waals surface area contributed by atoms with E-state index >= 15 is 0 Å². The van der Waals surface area contributed by atoms with Crippen molar-refractivity contribution in [3.05, 3.63) is 52.5 Å². The van der Waals surface area contributed by atoms with Crippen molar-refractivity contribution in [1.82, 2.24) is 9.97 Å². The number of rotatable bonds is 3. The van der Waals surface area contributed by atoms with Gasteiger partial charge in [0.15, 0.2) is 0 Å². The van der Waals surface area contributed by atoms with Gasteiger partial charge < -0.3 is 10.4 Å². The summed E-state index contributed by atoms with van der Waals surface area (Å²) in [6.07, 6.45) is 2.71. The first-order valence-corrected chi connectivity index (χ1v) is 5.98. The Balaban J connectivity index is 2.10. The van der Waals surface area contributed by atoms with Crippen LogP contribution >= 0.6 is 15.9 Å². The molecule has 96 valence electrons. The summed E-state index contributed by atoms with van der Waals surface area (Å²) in [7, 11) is 0. The predicted octanol–water partition coefficient (Wildman–Crippen LogP) is 2.19. The molecule has 0 radical (unpaired) electrons. The molecule has 0 saturated carbocycles. The largest absolute Gasteiger partial charge is 0.477 e. The molecule has 0 aliphatic carbocycles. The molecule has 0 spiro atoms. The maximum Gasteiger partial charge on any atom is 0.354 e. The number of pyridine rings is 2. The van der Waals surface area contributed by atoms with E-state index in [9.17, 15) is 9.59 Å². The minimum absolute atomic E-state index is 0.0803. The summed E-state index contributed by atoms with van der Waals surface area (Å²) in [6, 6.07) is 6.06. The van der Waals surface area contributed by atoms with Crippen LogP contribution in [0.5, 0.6) is 0 Å². The summed E-state index contributed by atoms with van der Waals surface area (Å²) in [5, 5.41) is 11.3. The highest BCUT2D eigenvalue weighted by atomic mass is 79.9. The number of aromatic nitrogens is 2. The number of halogens is 1. The fourth-order valence-corrected chi connectivity index (χ4v) is 1.54. The summed E-state index contributed by atoms with van der Waals surface area (Å²) < 4.78 is 0.636. The van der Waals surface area contributed by atoms with Gasteiger partial charge in [-0.15, -0.1) is 0 Å². The maximum absolute atomic E-state index is 11.8. The minimum atomic E-state index is -1.12. The average Bonchev–Trinajstić information content (AvgIpc) is 2.40.